The summed E-state index contributed by atoms with van der Waals surface area (Å²) in [6.45, 7) is 0. The third-order valence-corrected chi connectivity index (χ3v) is 4.55. The molecule has 150 valence electrons. The second-order valence-electron chi connectivity index (χ2n) is 5.83. The van der Waals surface area contributed by atoms with Crippen LogP contribution in [0.4, 0.5) is 17.1 Å². The fourth-order valence-corrected chi connectivity index (χ4v) is 3.44. The highest BCUT2D eigenvalue weighted by atomic mass is 79.9. The van der Waals surface area contributed by atoms with Crippen molar-refractivity contribution in [1.82, 2.24) is 14.8 Å². The van der Waals surface area contributed by atoms with Crippen LogP contribution in [-0.4, -0.2) is 40.3 Å². The first kappa shape index (κ1) is 20.4. The molecule has 0 aliphatic carbocycles. The van der Waals surface area contributed by atoms with Gasteiger partial charge in [-0.3, -0.25) is 19.6 Å². The molecule has 3 rings (SSSR count). The Balaban J connectivity index is 1.84. The normalized spacial score (nSPS) is 11.1. The van der Waals surface area contributed by atoms with Crippen molar-refractivity contribution in [3.63, 3.8) is 0 Å². The van der Waals surface area contributed by atoms with Gasteiger partial charge in [-0.15, -0.1) is 0 Å². The van der Waals surface area contributed by atoms with Gasteiger partial charge in [0.05, 0.1) is 28.6 Å². The Morgan fingerprint density at radius 2 is 2.00 bits per heavy atom. The molecule has 0 aliphatic heterocycles. The number of aromatic nitrogens is 3. The number of benzene rings is 1. The average molecular weight is 481 g/mol. The number of carbonyl (C=O) groups excluding carboxylic acids is 1. The number of amides is 1. The highest BCUT2D eigenvalue weighted by Crippen LogP contribution is 2.24. The van der Waals surface area contributed by atoms with E-state index in [9.17, 15) is 23.3 Å². The van der Waals surface area contributed by atoms with Crippen LogP contribution in [0.2, 0.25) is 0 Å². The number of halogens is 1. The van der Waals surface area contributed by atoms with Gasteiger partial charge in [-0.1, -0.05) is 15.9 Å². The van der Waals surface area contributed by atoms with E-state index in [1.54, 1.807) is 6.07 Å². The van der Waals surface area contributed by atoms with Crippen LogP contribution in [-0.2, 0) is 10.0 Å². The molecule has 29 heavy (non-hydrogen) atoms. The first-order valence-corrected chi connectivity index (χ1v) is 10.5. The minimum Gasteiger partial charge on any atom is -0.322 e. The molecule has 2 heterocycles. The molecule has 0 spiro atoms. The Hall–Kier alpha value is -3.32. The molecule has 0 fully saturated rings. The molecule has 0 aliphatic rings. The molecule has 1 amide bonds. The van der Waals surface area contributed by atoms with Crippen molar-refractivity contribution in [3.8, 4) is 5.82 Å². The van der Waals surface area contributed by atoms with E-state index in [1.165, 1.54) is 42.9 Å². The van der Waals surface area contributed by atoms with Crippen LogP contribution >= 0.6 is 15.9 Å². The van der Waals surface area contributed by atoms with Gasteiger partial charge in [0.25, 0.3) is 5.91 Å². The largest absolute Gasteiger partial charge is 0.322 e. The van der Waals surface area contributed by atoms with Crippen LogP contribution in [0.1, 0.15) is 10.4 Å². The number of hydrogen-bond acceptors (Lipinski definition) is 7. The standard InChI is InChI=1S/C16H13BrN6O5S/c1-29(27,28)21-13-6-11(17)5-12(7-13)20-16(24)10-8-19-22(9-10)15-14(23(25)26)3-2-4-18-15/h2-9,21H,1H3,(H,20,24). The molecule has 0 radical (unpaired) electrons. The SMILES string of the molecule is CS(=O)(=O)Nc1cc(Br)cc(NC(=O)c2cnn(-c3ncccc3[N+](=O)[O-])c2)c1. The topological polar surface area (TPSA) is 149 Å². The summed E-state index contributed by atoms with van der Waals surface area (Å²) in [5.41, 5.74) is 0.456. The van der Waals surface area contributed by atoms with Crippen molar-refractivity contribution in [2.45, 2.75) is 0 Å². The fraction of sp³-hybridized carbons (Fsp3) is 0.0625. The summed E-state index contributed by atoms with van der Waals surface area (Å²) in [6, 6.07) is 7.27. The maximum Gasteiger partial charge on any atom is 0.313 e. The van der Waals surface area contributed by atoms with Crippen molar-refractivity contribution in [1.29, 1.82) is 0 Å². The van der Waals surface area contributed by atoms with Crippen LogP contribution in [0, 0.1) is 10.1 Å². The fourth-order valence-electron chi connectivity index (χ4n) is 2.40. The van der Waals surface area contributed by atoms with Crippen molar-refractivity contribution in [3.05, 3.63) is 69.1 Å². The molecule has 2 aromatic heterocycles. The summed E-state index contributed by atoms with van der Waals surface area (Å²) >= 11 is 3.25. The second-order valence-corrected chi connectivity index (χ2v) is 8.50. The molecule has 0 unspecified atom stereocenters. The Labute approximate surface area is 173 Å². The molecular weight excluding hydrogens is 468 g/mol. The van der Waals surface area contributed by atoms with E-state index >= 15 is 0 Å². The number of carbonyl (C=O) groups is 1. The van der Waals surface area contributed by atoms with Gasteiger partial charge in [0.2, 0.25) is 15.8 Å². The van der Waals surface area contributed by atoms with Crippen LogP contribution in [0.15, 0.2) is 53.4 Å². The van der Waals surface area contributed by atoms with E-state index in [0.29, 0.717) is 10.2 Å². The van der Waals surface area contributed by atoms with Gasteiger partial charge < -0.3 is 5.32 Å². The van der Waals surface area contributed by atoms with Crippen molar-refractivity contribution in [2.75, 3.05) is 16.3 Å². The van der Waals surface area contributed by atoms with E-state index in [0.717, 1.165) is 10.9 Å². The highest BCUT2D eigenvalue weighted by molar-refractivity contribution is 9.10. The molecule has 11 nitrogen and oxygen atoms in total. The molecule has 13 heteroatoms. The maximum absolute atomic E-state index is 12.5. The average Bonchev–Trinajstić information content (AvgIpc) is 3.09. The third kappa shape index (κ3) is 5.14. The lowest BCUT2D eigenvalue weighted by atomic mass is 10.2. The first-order valence-electron chi connectivity index (χ1n) is 7.86. The molecule has 0 atom stereocenters. The second kappa shape index (κ2) is 7.97. The molecule has 0 bridgehead atoms. The van der Waals surface area contributed by atoms with Crippen LogP contribution < -0.4 is 10.0 Å². The van der Waals surface area contributed by atoms with Crippen molar-refractivity contribution >= 4 is 48.9 Å². The van der Waals surface area contributed by atoms with E-state index in [2.05, 4.69) is 36.1 Å². The summed E-state index contributed by atoms with van der Waals surface area (Å²) < 4.78 is 26.8. The predicted molar refractivity (Wildman–Crippen MR) is 109 cm³/mol. The zero-order valence-electron chi connectivity index (χ0n) is 14.7. The van der Waals surface area contributed by atoms with Crippen LogP contribution in [0.3, 0.4) is 0 Å². The number of sulfonamides is 1. The Morgan fingerprint density at radius 1 is 1.28 bits per heavy atom. The molecule has 2 N–H and O–H groups in total. The summed E-state index contributed by atoms with van der Waals surface area (Å²) in [6.07, 6.45) is 4.93. The van der Waals surface area contributed by atoms with Crippen molar-refractivity contribution in [2.24, 2.45) is 0 Å². The molecule has 1 aromatic carbocycles. The quantitative estimate of drug-likeness (QED) is 0.406. The number of pyridine rings is 1. The number of nitrogens with zero attached hydrogens (tertiary/aromatic N) is 4. The number of hydrogen-bond donors (Lipinski definition) is 2. The van der Waals surface area contributed by atoms with Gasteiger partial charge in [-0.2, -0.15) is 5.10 Å². The van der Waals surface area contributed by atoms with Gasteiger partial charge in [0.1, 0.15) is 0 Å². The minimum absolute atomic E-state index is 0.0290. The van der Waals surface area contributed by atoms with Gasteiger partial charge in [0, 0.05) is 28.6 Å². The third-order valence-electron chi connectivity index (χ3n) is 3.48. The van der Waals surface area contributed by atoms with E-state index < -0.39 is 20.9 Å². The maximum atomic E-state index is 12.5. The summed E-state index contributed by atoms with van der Waals surface area (Å²) in [5.74, 6) is -0.572. The van der Waals surface area contributed by atoms with E-state index in [4.69, 9.17) is 0 Å². The smallest absolute Gasteiger partial charge is 0.313 e. The lowest BCUT2D eigenvalue weighted by Gasteiger charge is -2.09. The Morgan fingerprint density at radius 3 is 2.69 bits per heavy atom. The van der Waals surface area contributed by atoms with Crippen molar-refractivity contribution < 1.29 is 18.1 Å². The van der Waals surface area contributed by atoms with E-state index in [1.807, 2.05) is 0 Å². The number of nitro groups is 1. The van der Waals surface area contributed by atoms with Crippen LogP contribution in [0.5, 0.6) is 0 Å². The van der Waals surface area contributed by atoms with Crippen LogP contribution in [0.25, 0.3) is 5.82 Å². The summed E-state index contributed by atoms with van der Waals surface area (Å²) in [4.78, 5) is 27.0. The molecule has 3 aromatic rings. The molecule has 0 saturated carbocycles. The zero-order chi connectivity index (χ0) is 21.2. The first-order chi connectivity index (χ1) is 13.6. The zero-order valence-corrected chi connectivity index (χ0v) is 17.1. The number of nitrogens with one attached hydrogen (secondary N) is 2. The molecule has 0 saturated heterocycles. The Bertz CT molecular complexity index is 1210. The number of rotatable bonds is 6. The summed E-state index contributed by atoms with van der Waals surface area (Å²) in [5, 5.41) is 17.7. The predicted octanol–water partition coefficient (Wildman–Crippen LogP) is 2.56. The highest BCUT2D eigenvalue weighted by Gasteiger charge is 2.18. The molecular formula is C16H13BrN6O5S. The monoisotopic (exact) mass is 480 g/mol. The lowest BCUT2D eigenvalue weighted by Crippen LogP contribution is -2.13. The summed E-state index contributed by atoms with van der Waals surface area (Å²) in [7, 11) is -3.49. The Kier molecular flexibility index (Phi) is 5.61. The van der Waals surface area contributed by atoms with Gasteiger partial charge >= 0.3 is 5.69 Å². The minimum atomic E-state index is -3.49. The van der Waals surface area contributed by atoms with Gasteiger partial charge in [0.15, 0.2) is 0 Å². The van der Waals surface area contributed by atoms with Gasteiger partial charge in [-0.25, -0.2) is 18.1 Å². The lowest BCUT2D eigenvalue weighted by molar-refractivity contribution is -0.384. The number of anilines is 2. The van der Waals surface area contributed by atoms with Gasteiger partial charge in [-0.05, 0) is 24.3 Å². The van der Waals surface area contributed by atoms with E-state index in [-0.39, 0.29) is 22.8 Å².